The third kappa shape index (κ3) is 19.5. The summed E-state index contributed by atoms with van der Waals surface area (Å²) in [7, 11) is 0. The molecular formula is C58H102O25. The zero-order valence-electron chi connectivity index (χ0n) is 49.3. The smallest absolute Gasteiger partial charge is 0.306 e. The highest BCUT2D eigenvalue weighted by Crippen LogP contribution is 2.39. The number of esters is 2. The monoisotopic (exact) mass is 1200 g/mol. The largest absolute Gasteiger partial charge is 0.454 e. The van der Waals surface area contributed by atoms with E-state index in [0.29, 0.717) is 32.1 Å². The maximum absolute atomic E-state index is 14.2. The Balaban J connectivity index is 1.34. The number of aliphatic hydroxyl groups is 11. The number of ether oxygens (including phenoxy) is 12. The third-order valence-electron chi connectivity index (χ3n) is 17.0. The molecule has 0 radical (unpaired) electrons. The molecule has 0 aromatic carbocycles. The van der Waals surface area contributed by atoms with Crippen molar-refractivity contribution in [1.29, 1.82) is 0 Å². The van der Waals surface area contributed by atoms with Crippen LogP contribution in [0.4, 0.5) is 0 Å². The first-order valence-electron chi connectivity index (χ1n) is 31.1. The molecule has 25 nitrogen and oxygen atoms in total. The summed E-state index contributed by atoms with van der Waals surface area (Å²) in [6.07, 6.45) is -23.0. The summed E-state index contributed by atoms with van der Waals surface area (Å²) in [5, 5.41) is 122. The van der Waals surface area contributed by atoms with Crippen molar-refractivity contribution in [3.8, 4) is 0 Å². The molecule has 6 heterocycles. The molecule has 484 valence electrons. The molecule has 26 atom stereocenters. The molecule has 6 fully saturated rings. The molecule has 0 aromatic heterocycles. The molecule has 0 bridgehead atoms. The Labute approximate surface area is 488 Å². The molecule has 6 aliphatic rings. The predicted molar refractivity (Wildman–Crippen MR) is 290 cm³/mol. The highest BCUT2D eigenvalue weighted by Gasteiger charge is 2.58. The first-order valence-corrected chi connectivity index (χ1v) is 31.1. The zero-order chi connectivity index (χ0) is 60.3. The molecule has 83 heavy (non-hydrogen) atoms. The van der Waals surface area contributed by atoms with E-state index in [9.17, 15) is 65.8 Å². The Morgan fingerprint density at radius 3 is 1.64 bits per heavy atom. The Hall–Kier alpha value is -1.90. The lowest BCUT2D eigenvalue weighted by Crippen LogP contribution is -2.68. The Morgan fingerprint density at radius 1 is 0.458 bits per heavy atom. The minimum Gasteiger partial charge on any atom is -0.454 e. The summed E-state index contributed by atoms with van der Waals surface area (Å²) in [6, 6.07) is 0. The summed E-state index contributed by atoms with van der Waals surface area (Å²) >= 11 is 0. The van der Waals surface area contributed by atoms with E-state index in [1.165, 1.54) is 20.8 Å². The van der Waals surface area contributed by atoms with Gasteiger partial charge in [0.2, 0.25) is 0 Å². The van der Waals surface area contributed by atoms with E-state index in [4.69, 9.17) is 56.8 Å². The molecule has 0 unspecified atom stereocenters. The quantitative estimate of drug-likeness (QED) is 0.0512. The number of carbonyl (C=O) groups is 2. The number of rotatable bonds is 23. The molecule has 6 rings (SSSR count). The summed E-state index contributed by atoms with van der Waals surface area (Å²) in [5.41, 5.74) is 0. The van der Waals surface area contributed by atoms with E-state index in [2.05, 4.69) is 13.8 Å². The van der Waals surface area contributed by atoms with Gasteiger partial charge < -0.3 is 113 Å². The van der Waals surface area contributed by atoms with Crippen LogP contribution < -0.4 is 0 Å². The van der Waals surface area contributed by atoms with Gasteiger partial charge in [0.25, 0.3) is 0 Å². The van der Waals surface area contributed by atoms with Gasteiger partial charge >= 0.3 is 11.9 Å². The second-order valence-corrected chi connectivity index (χ2v) is 23.7. The Bertz CT molecular complexity index is 1840. The highest BCUT2D eigenvalue weighted by molar-refractivity contribution is 5.70. The van der Waals surface area contributed by atoms with Crippen molar-refractivity contribution in [2.24, 2.45) is 0 Å². The van der Waals surface area contributed by atoms with Crippen LogP contribution in [0.3, 0.4) is 0 Å². The van der Waals surface area contributed by atoms with Crippen molar-refractivity contribution in [3.05, 3.63) is 0 Å². The van der Waals surface area contributed by atoms with Gasteiger partial charge in [-0.1, -0.05) is 123 Å². The average Bonchev–Trinajstić information content (AvgIpc) is 3.62. The summed E-state index contributed by atoms with van der Waals surface area (Å²) in [6.45, 7) is 7.14. The number of aliphatic hydroxyl groups excluding tert-OH is 11. The first-order chi connectivity index (χ1) is 39.8. The number of hydrogen-bond acceptors (Lipinski definition) is 25. The van der Waals surface area contributed by atoms with Gasteiger partial charge in [-0.3, -0.25) is 9.59 Å². The van der Waals surface area contributed by atoms with Crippen LogP contribution in [0.2, 0.25) is 0 Å². The zero-order valence-corrected chi connectivity index (χ0v) is 49.3. The van der Waals surface area contributed by atoms with Crippen molar-refractivity contribution in [3.63, 3.8) is 0 Å². The lowest BCUT2D eigenvalue weighted by Gasteiger charge is -2.51. The lowest BCUT2D eigenvalue weighted by molar-refractivity contribution is -0.400. The lowest BCUT2D eigenvalue weighted by atomic mass is 9.95. The fourth-order valence-corrected chi connectivity index (χ4v) is 11.8. The van der Waals surface area contributed by atoms with E-state index in [1.807, 2.05) is 0 Å². The topological polar surface area (TPSA) is 367 Å². The van der Waals surface area contributed by atoms with Crippen molar-refractivity contribution in [2.45, 2.75) is 342 Å². The molecule has 0 saturated carbocycles. The van der Waals surface area contributed by atoms with Gasteiger partial charge in [-0.05, 0) is 46.5 Å². The van der Waals surface area contributed by atoms with Crippen LogP contribution in [0.5, 0.6) is 0 Å². The van der Waals surface area contributed by atoms with Crippen LogP contribution in [0, 0.1) is 0 Å². The van der Waals surface area contributed by atoms with Crippen LogP contribution in [0.1, 0.15) is 182 Å². The van der Waals surface area contributed by atoms with Crippen molar-refractivity contribution < 1.29 is 123 Å². The van der Waals surface area contributed by atoms with Crippen molar-refractivity contribution in [2.75, 3.05) is 13.2 Å². The van der Waals surface area contributed by atoms with Gasteiger partial charge in [-0.25, -0.2) is 0 Å². The number of carbonyl (C=O) groups excluding carboxylic acids is 2. The SMILES string of the molecule is CCCCCCCCCCCC(=O)O[C@H]1[C@H](O[C@@H]2[C@@H](O)[C@H]3OC(=O)CCCCCCCCC[C@H](CCCCC)O[C@@H]4O[C@H](CO)[C@@H](O)[C@H](O)[C@H]4O[C@@H]3O[C@H]2C)O[C@@H](C)[C@H](O[C@@H]2O[C@@H](C)[C@H](O)[C@@H](O)[C@H]2O)[C@H]1O[C@@H]1O[C@H](CO)[C@@H](O)[C@H](O)[C@H]1O. The second-order valence-electron chi connectivity index (χ2n) is 23.7. The molecule has 0 spiro atoms. The maximum Gasteiger partial charge on any atom is 0.306 e. The normalized spacial score (nSPS) is 42.8. The van der Waals surface area contributed by atoms with Crippen LogP contribution in [0.15, 0.2) is 0 Å². The fraction of sp³-hybridized carbons (Fsp3) is 0.966. The van der Waals surface area contributed by atoms with Gasteiger partial charge in [-0.2, -0.15) is 0 Å². The maximum atomic E-state index is 14.2. The third-order valence-corrected chi connectivity index (χ3v) is 17.0. The molecule has 6 saturated heterocycles. The van der Waals surface area contributed by atoms with E-state index < -0.39 is 179 Å². The van der Waals surface area contributed by atoms with Gasteiger partial charge in [-0.15, -0.1) is 0 Å². The molecular weight excluding hydrogens is 1100 g/mol. The van der Waals surface area contributed by atoms with Crippen LogP contribution >= 0.6 is 0 Å². The summed E-state index contributed by atoms with van der Waals surface area (Å²) in [5.74, 6) is -1.52. The molecule has 0 aliphatic carbocycles. The van der Waals surface area contributed by atoms with Crippen LogP contribution in [0.25, 0.3) is 0 Å². The minimum atomic E-state index is -2.00. The molecule has 0 aromatic rings. The van der Waals surface area contributed by atoms with Gasteiger partial charge in [0.1, 0.15) is 91.6 Å². The Kier molecular flexibility index (Phi) is 29.9. The van der Waals surface area contributed by atoms with Crippen molar-refractivity contribution in [1.82, 2.24) is 0 Å². The van der Waals surface area contributed by atoms with Gasteiger partial charge in [0, 0.05) is 12.8 Å². The van der Waals surface area contributed by atoms with E-state index in [1.54, 1.807) is 0 Å². The minimum absolute atomic E-state index is 0.0545. The first kappa shape index (κ1) is 70.2. The average molecular weight is 1200 g/mol. The van der Waals surface area contributed by atoms with Crippen LogP contribution in [-0.2, 0) is 66.4 Å². The molecule has 25 heteroatoms. The predicted octanol–water partition coefficient (Wildman–Crippen LogP) is 1.68. The number of hydrogen-bond donors (Lipinski definition) is 11. The van der Waals surface area contributed by atoms with E-state index in [-0.39, 0.29) is 18.9 Å². The standard InChI is InChI=1S/C58H102O25/c1-6-8-10-11-12-13-16-19-24-28-38(62)79-53-52(83-55-46(70)43(67)40(64)35(29-59)76-55)49(81-54-45(69)42(66)39(63)31(3)72-54)33(5)74-58(53)80-48-32(4)73-56-51(47(48)71)78-37(61)27-23-20-17-14-15-18-22-26-34(25-21-9-7-2)75-57-50(82-56)44(68)41(65)36(30-60)77-57/h31-36,39-60,63-71H,6-30H2,1-5H3/t31-,32-,33-,34-,35+,36+,39-,40+,41+,42+,43-,44-,45+,46+,47+,48-,49-,50+,51+,52+,53+,54-,55-,56-,57+,58-/m0/s1. The Morgan fingerprint density at radius 2 is 0.976 bits per heavy atom. The number of unbranched alkanes of at least 4 members (excludes halogenated alkanes) is 10. The second kappa shape index (κ2) is 35.3. The molecule has 11 N–H and O–H groups in total. The van der Waals surface area contributed by atoms with E-state index >= 15 is 0 Å². The molecule has 6 aliphatic heterocycles. The van der Waals surface area contributed by atoms with Gasteiger partial charge in [0.05, 0.1) is 37.6 Å². The van der Waals surface area contributed by atoms with Crippen molar-refractivity contribution >= 4 is 11.9 Å². The summed E-state index contributed by atoms with van der Waals surface area (Å²) in [4.78, 5) is 28.0. The van der Waals surface area contributed by atoms with Crippen LogP contribution in [-0.4, -0.2) is 241 Å². The fourth-order valence-electron chi connectivity index (χ4n) is 11.8. The van der Waals surface area contributed by atoms with E-state index in [0.717, 1.165) is 103 Å². The highest BCUT2D eigenvalue weighted by atomic mass is 16.8. The number of fused-ring (bicyclic) bond motifs is 2. The van der Waals surface area contributed by atoms with Gasteiger partial charge in [0.15, 0.2) is 43.7 Å². The molecule has 0 amide bonds. The summed E-state index contributed by atoms with van der Waals surface area (Å²) < 4.78 is 75.4.